The molecule has 0 radical (unpaired) electrons. The van der Waals surface area contributed by atoms with E-state index in [2.05, 4.69) is 51.2 Å². The minimum Gasteiger partial charge on any atom is -0.424 e. The van der Waals surface area contributed by atoms with Gasteiger partial charge in [-0.2, -0.15) is 4.98 Å². The topological polar surface area (TPSA) is 51.1 Å². The van der Waals surface area contributed by atoms with Gasteiger partial charge in [0.05, 0.1) is 11.7 Å². The maximum absolute atomic E-state index is 5.81. The Bertz CT molecular complexity index is 1110. The van der Waals surface area contributed by atoms with E-state index in [4.69, 9.17) is 4.74 Å². The summed E-state index contributed by atoms with van der Waals surface area (Å²) in [5, 5.41) is 0.937. The zero-order valence-corrected chi connectivity index (χ0v) is 15.6. The third-order valence-corrected chi connectivity index (χ3v) is 5.13. The molecule has 28 heavy (non-hydrogen) atoms. The third kappa shape index (κ3) is 3.39. The second-order valence-corrected chi connectivity index (χ2v) is 7.11. The summed E-state index contributed by atoms with van der Waals surface area (Å²) in [5.41, 5.74) is 4.48. The number of rotatable bonds is 5. The molecule has 0 bridgehead atoms. The molecule has 5 nitrogen and oxygen atoms in total. The molecule has 138 valence electrons. The van der Waals surface area contributed by atoms with Crippen LogP contribution >= 0.6 is 0 Å². The Morgan fingerprint density at radius 2 is 1.61 bits per heavy atom. The Kier molecular flexibility index (Phi) is 4.13. The van der Waals surface area contributed by atoms with Crippen LogP contribution in [0.4, 0.5) is 11.4 Å². The van der Waals surface area contributed by atoms with Crippen molar-refractivity contribution in [1.82, 2.24) is 15.0 Å². The molecule has 0 N–H and O–H groups in total. The second kappa shape index (κ2) is 6.93. The Morgan fingerprint density at radius 3 is 2.32 bits per heavy atom. The number of fused-ring (bicyclic) bond motifs is 1. The van der Waals surface area contributed by atoms with Gasteiger partial charge in [-0.05, 0) is 66.8 Å². The van der Waals surface area contributed by atoms with Crippen LogP contribution in [0, 0.1) is 0 Å². The van der Waals surface area contributed by atoms with Gasteiger partial charge in [-0.3, -0.25) is 4.98 Å². The molecule has 1 aliphatic rings. The third-order valence-electron chi connectivity index (χ3n) is 5.13. The maximum Gasteiger partial charge on any atom is 0.322 e. The van der Waals surface area contributed by atoms with Gasteiger partial charge in [-0.1, -0.05) is 12.1 Å². The first-order chi connectivity index (χ1) is 13.8. The van der Waals surface area contributed by atoms with Gasteiger partial charge in [0.15, 0.2) is 0 Å². The van der Waals surface area contributed by atoms with Crippen molar-refractivity contribution in [3.8, 4) is 11.8 Å². The SMILES string of the molecule is CN(c1ccc(Oc2ncc3ccncc3n2)cc1)c1ccc(C2CC2)cc1. The summed E-state index contributed by atoms with van der Waals surface area (Å²) in [6.07, 6.45) is 7.83. The first kappa shape index (κ1) is 16.7. The standard InChI is InChI=1S/C23H20N4O/c1-27(19-6-4-17(5-7-19)16-2-3-16)20-8-10-21(11-9-20)28-23-25-14-18-12-13-24-15-22(18)26-23/h4-16H,2-3H2,1H3. The Hall–Kier alpha value is -3.47. The largest absolute Gasteiger partial charge is 0.424 e. The van der Waals surface area contributed by atoms with Crippen molar-refractivity contribution in [2.45, 2.75) is 18.8 Å². The van der Waals surface area contributed by atoms with Crippen LogP contribution in [0.15, 0.2) is 73.2 Å². The van der Waals surface area contributed by atoms with Gasteiger partial charge in [0.1, 0.15) is 5.75 Å². The number of pyridine rings is 1. The predicted octanol–water partition coefficient (Wildman–Crippen LogP) is 5.46. The molecule has 0 unspecified atom stereocenters. The number of ether oxygens (including phenoxy) is 1. The van der Waals surface area contributed by atoms with E-state index in [0.717, 1.165) is 22.5 Å². The number of hydrogen-bond acceptors (Lipinski definition) is 5. The maximum atomic E-state index is 5.81. The molecule has 0 spiro atoms. The molecule has 0 amide bonds. The van der Waals surface area contributed by atoms with Crippen LogP contribution in [0.5, 0.6) is 11.8 Å². The highest BCUT2D eigenvalue weighted by Gasteiger charge is 2.23. The quantitative estimate of drug-likeness (QED) is 0.468. The van der Waals surface area contributed by atoms with Crippen LogP contribution in [0.1, 0.15) is 24.3 Å². The summed E-state index contributed by atoms with van der Waals surface area (Å²) in [6.45, 7) is 0. The van der Waals surface area contributed by atoms with Crippen LogP contribution in [-0.4, -0.2) is 22.0 Å². The lowest BCUT2D eigenvalue weighted by Crippen LogP contribution is -2.09. The lowest BCUT2D eigenvalue weighted by Gasteiger charge is -2.20. The highest BCUT2D eigenvalue weighted by molar-refractivity contribution is 5.76. The van der Waals surface area contributed by atoms with E-state index < -0.39 is 0 Å². The van der Waals surface area contributed by atoms with Crippen molar-refractivity contribution in [3.05, 3.63) is 78.8 Å². The highest BCUT2D eigenvalue weighted by Crippen LogP contribution is 2.40. The van der Waals surface area contributed by atoms with Crippen LogP contribution < -0.4 is 9.64 Å². The summed E-state index contributed by atoms with van der Waals surface area (Å²) < 4.78 is 5.81. The minimum absolute atomic E-state index is 0.317. The molecule has 0 aliphatic heterocycles. The van der Waals surface area contributed by atoms with E-state index in [0.29, 0.717) is 11.8 Å². The zero-order chi connectivity index (χ0) is 18.9. The molecule has 2 aromatic heterocycles. The van der Waals surface area contributed by atoms with Crippen LogP contribution in [0.3, 0.4) is 0 Å². The normalized spacial score (nSPS) is 13.5. The molecule has 0 atom stereocenters. The summed E-state index contributed by atoms with van der Waals surface area (Å²) in [7, 11) is 2.07. The summed E-state index contributed by atoms with van der Waals surface area (Å²) in [5.74, 6) is 1.48. The smallest absolute Gasteiger partial charge is 0.322 e. The van der Waals surface area contributed by atoms with Gasteiger partial charge in [0.25, 0.3) is 0 Å². The Labute approximate surface area is 163 Å². The van der Waals surface area contributed by atoms with E-state index in [9.17, 15) is 0 Å². The monoisotopic (exact) mass is 368 g/mol. The molecule has 1 aliphatic carbocycles. The molecule has 1 fully saturated rings. The second-order valence-electron chi connectivity index (χ2n) is 7.11. The fourth-order valence-electron chi connectivity index (χ4n) is 3.28. The molecular weight excluding hydrogens is 348 g/mol. The van der Waals surface area contributed by atoms with E-state index >= 15 is 0 Å². The van der Waals surface area contributed by atoms with E-state index in [-0.39, 0.29) is 0 Å². The lowest BCUT2D eigenvalue weighted by molar-refractivity contribution is 0.444. The predicted molar refractivity (Wildman–Crippen MR) is 110 cm³/mol. The summed E-state index contributed by atoms with van der Waals surface area (Å²) in [4.78, 5) is 14.9. The number of aromatic nitrogens is 3. The van der Waals surface area contributed by atoms with Gasteiger partial charge in [0.2, 0.25) is 0 Å². The molecule has 0 saturated heterocycles. The van der Waals surface area contributed by atoms with Crippen LogP contribution in [0.25, 0.3) is 10.9 Å². The van der Waals surface area contributed by atoms with E-state index in [1.807, 2.05) is 30.3 Å². The van der Waals surface area contributed by atoms with Gasteiger partial charge in [-0.25, -0.2) is 4.98 Å². The van der Waals surface area contributed by atoms with Crippen molar-refractivity contribution < 1.29 is 4.74 Å². The molecule has 2 aromatic carbocycles. The summed E-state index contributed by atoms with van der Waals surface area (Å²) in [6, 6.07) is 19.0. The number of hydrogen-bond donors (Lipinski definition) is 0. The number of nitrogens with zero attached hydrogens (tertiary/aromatic N) is 4. The first-order valence-corrected chi connectivity index (χ1v) is 9.45. The van der Waals surface area contributed by atoms with E-state index in [1.165, 1.54) is 24.1 Å². The van der Waals surface area contributed by atoms with Crippen molar-refractivity contribution >= 4 is 22.3 Å². The fourth-order valence-corrected chi connectivity index (χ4v) is 3.28. The molecule has 5 heteroatoms. The highest BCUT2D eigenvalue weighted by atomic mass is 16.5. The molecule has 4 aromatic rings. The average Bonchev–Trinajstić information content (AvgIpc) is 3.59. The molecule has 2 heterocycles. The molecule has 1 saturated carbocycles. The average molecular weight is 368 g/mol. The van der Waals surface area contributed by atoms with Gasteiger partial charge in [0, 0.05) is 36.2 Å². The minimum atomic E-state index is 0.317. The molecule has 5 rings (SSSR count). The molecular formula is C23H20N4O. The number of benzene rings is 2. The first-order valence-electron chi connectivity index (χ1n) is 9.45. The van der Waals surface area contributed by atoms with Crippen molar-refractivity contribution in [1.29, 1.82) is 0 Å². The van der Waals surface area contributed by atoms with Gasteiger partial charge in [-0.15, -0.1) is 0 Å². The van der Waals surface area contributed by atoms with Crippen LogP contribution in [-0.2, 0) is 0 Å². The fraction of sp³-hybridized carbons (Fsp3) is 0.174. The van der Waals surface area contributed by atoms with Gasteiger partial charge < -0.3 is 9.64 Å². The van der Waals surface area contributed by atoms with Crippen molar-refractivity contribution in [2.75, 3.05) is 11.9 Å². The van der Waals surface area contributed by atoms with Crippen molar-refractivity contribution in [2.24, 2.45) is 0 Å². The van der Waals surface area contributed by atoms with Crippen LogP contribution in [0.2, 0.25) is 0 Å². The lowest BCUT2D eigenvalue weighted by atomic mass is 10.1. The van der Waals surface area contributed by atoms with Gasteiger partial charge >= 0.3 is 6.01 Å². The summed E-state index contributed by atoms with van der Waals surface area (Å²) >= 11 is 0. The van der Waals surface area contributed by atoms with Crippen molar-refractivity contribution in [3.63, 3.8) is 0 Å². The Morgan fingerprint density at radius 1 is 0.893 bits per heavy atom. The zero-order valence-electron chi connectivity index (χ0n) is 15.6. The van der Waals surface area contributed by atoms with E-state index in [1.54, 1.807) is 18.6 Å². The number of anilines is 2. The Balaban J connectivity index is 1.31.